The molecule has 0 amide bonds. The van der Waals surface area contributed by atoms with Crippen molar-refractivity contribution in [2.75, 3.05) is 0 Å². The molecule has 0 N–H and O–H groups in total. The van der Waals surface area contributed by atoms with Gasteiger partial charge in [-0.1, -0.05) is 30.3 Å². The SMILES string of the molecule is Cc1ccc(C=Nn2c(-c3cc4ccccc4o3)nc3ccccc3c2=O)o1. The number of fused-ring (bicyclic) bond motifs is 2. The largest absolute Gasteiger partial charge is 0.460 e. The Hall–Kier alpha value is -3.93. The number of furan rings is 2. The van der Waals surface area contributed by atoms with Crippen molar-refractivity contribution < 1.29 is 8.83 Å². The molecule has 136 valence electrons. The van der Waals surface area contributed by atoms with Crippen LogP contribution >= 0.6 is 0 Å². The number of aromatic nitrogens is 2. The van der Waals surface area contributed by atoms with Gasteiger partial charge in [0, 0.05) is 5.39 Å². The van der Waals surface area contributed by atoms with Crippen LogP contribution in [0.5, 0.6) is 0 Å². The maximum Gasteiger partial charge on any atom is 0.282 e. The zero-order valence-corrected chi connectivity index (χ0v) is 15.0. The topological polar surface area (TPSA) is 73.5 Å². The zero-order valence-electron chi connectivity index (χ0n) is 15.0. The number of para-hydroxylation sites is 2. The first-order valence-corrected chi connectivity index (χ1v) is 8.80. The standard InChI is InChI=1S/C22H15N3O3/c1-14-10-11-16(27-14)13-23-25-21(20-12-15-6-2-5-9-19(15)28-20)24-18-8-4-3-7-17(18)22(25)26/h2-13H,1H3. The summed E-state index contributed by atoms with van der Waals surface area (Å²) in [6.07, 6.45) is 1.50. The van der Waals surface area contributed by atoms with E-state index in [1.165, 1.54) is 10.9 Å². The highest BCUT2D eigenvalue weighted by atomic mass is 16.3. The minimum Gasteiger partial charge on any atom is -0.460 e. The van der Waals surface area contributed by atoms with E-state index in [4.69, 9.17) is 8.83 Å². The zero-order chi connectivity index (χ0) is 19.1. The van der Waals surface area contributed by atoms with Crippen molar-refractivity contribution in [3.8, 4) is 11.6 Å². The van der Waals surface area contributed by atoms with Crippen molar-refractivity contribution in [3.63, 3.8) is 0 Å². The second-order valence-corrected chi connectivity index (χ2v) is 6.41. The first kappa shape index (κ1) is 16.3. The predicted octanol–water partition coefficient (Wildman–Crippen LogP) is 4.59. The summed E-state index contributed by atoms with van der Waals surface area (Å²) >= 11 is 0. The first-order chi connectivity index (χ1) is 13.7. The van der Waals surface area contributed by atoms with E-state index >= 15 is 0 Å². The molecule has 0 saturated heterocycles. The Morgan fingerprint density at radius 1 is 1.00 bits per heavy atom. The van der Waals surface area contributed by atoms with Crippen LogP contribution < -0.4 is 5.56 Å². The molecule has 0 bridgehead atoms. The summed E-state index contributed by atoms with van der Waals surface area (Å²) in [7, 11) is 0. The molecule has 2 aromatic carbocycles. The molecule has 0 atom stereocenters. The van der Waals surface area contributed by atoms with Crippen molar-refractivity contribution in [2.24, 2.45) is 5.10 Å². The average molecular weight is 369 g/mol. The molecule has 3 heterocycles. The maximum absolute atomic E-state index is 13.1. The van der Waals surface area contributed by atoms with Crippen LogP contribution in [0.2, 0.25) is 0 Å². The molecular weight excluding hydrogens is 354 g/mol. The highest BCUT2D eigenvalue weighted by molar-refractivity contribution is 5.84. The van der Waals surface area contributed by atoms with Crippen molar-refractivity contribution >= 4 is 28.1 Å². The molecule has 0 aliphatic heterocycles. The molecule has 6 heteroatoms. The molecule has 0 radical (unpaired) electrons. The van der Waals surface area contributed by atoms with Crippen LogP contribution in [0, 0.1) is 6.92 Å². The number of aryl methyl sites for hydroxylation is 1. The van der Waals surface area contributed by atoms with Crippen molar-refractivity contribution in [2.45, 2.75) is 6.92 Å². The average Bonchev–Trinajstić information content (AvgIpc) is 3.33. The monoisotopic (exact) mass is 369 g/mol. The van der Waals surface area contributed by atoms with Crippen LogP contribution in [0.4, 0.5) is 0 Å². The lowest BCUT2D eigenvalue weighted by molar-refractivity contribution is 0.527. The lowest BCUT2D eigenvalue weighted by atomic mass is 10.2. The van der Waals surface area contributed by atoms with Gasteiger partial charge in [0.15, 0.2) is 5.76 Å². The summed E-state index contributed by atoms with van der Waals surface area (Å²) in [6.45, 7) is 1.85. The normalized spacial score (nSPS) is 11.8. The van der Waals surface area contributed by atoms with E-state index < -0.39 is 0 Å². The summed E-state index contributed by atoms with van der Waals surface area (Å²) in [4.78, 5) is 17.7. The lowest BCUT2D eigenvalue weighted by Crippen LogP contribution is -2.20. The smallest absolute Gasteiger partial charge is 0.282 e. The third-order valence-corrected chi connectivity index (χ3v) is 4.46. The third-order valence-electron chi connectivity index (χ3n) is 4.46. The van der Waals surface area contributed by atoms with Gasteiger partial charge in [-0.3, -0.25) is 4.79 Å². The molecule has 5 aromatic rings. The summed E-state index contributed by atoms with van der Waals surface area (Å²) in [6, 6.07) is 20.3. The molecular formula is C22H15N3O3. The summed E-state index contributed by atoms with van der Waals surface area (Å²) in [5.41, 5.74) is 1.03. The quantitative estimate of drug-likeness (QED) is 0.436. The van der Waals surface area contributed by atoms with Gasteiger partial charge in [-0.15, -0.1) is 0 Å². The molecule has 0 spiro atoms. The number of hydrogen-bond acceptors (Lipinski definition) is 5. The van der Waals surface area contributed by atoms with Gasteiger partial charge < -0.3 is 8.83 Å². The van der Waals surface area contributed by atoms with Crippen LogP contribution in [-0.4, -0.2) is 15.9 Å². The van der Waals surface area contributed by atoms with Gasteiger partial charge in [0.05, 0.1) is 17.1 Å². The van der Waals surface area contributed by atoms with Crippen LogP contribution in [-0.2, 0) is 0 Å². The molecule has 0 unspecified atom stereocenters. The Balaban J connectivity index is 1.76. The fourth-order valence-corrected chi connectivity index (χ4v) is 3.12. The number of rotatable bonds is 3. The van der Waals surface area contributed by atoms with Gasteiger partial charge >= 0.3 is 0 Å². The predicted molar refractivity (Wildman–Crippen MR) is 108 cm³/mol. The van der Waals surface area contributed by atoms with Crippen LogP contribution in [0.25, 0.3) is 33.5 Å². The Morgan fingerprint density at radius 2 is 1.82 bits per heavy atom. The van der Waals surface area contributed by atoms with Crippen LogP contribution in [0.3, 0.4) is 0 Å². The van der Waals surface area contributed by atoms with E-state index in [-0.39, 0.29) is 5.56 Å². The van der Waals surface area contributed by atoms with Crippen molar-refractivity contribution in [1.29, 1.82) is 0 Å². The summed E-state index contributed by atoms with van der Waals surface area (Å²) < 4.78 is 12.7. The van der Waals surface area contributed by atoms with Crippen molar-refractivity contribution in [3.05, 3.63) is 88.6 Å². The van der Waals surface area contributed by atoms with Crippen molar-refractivity contribution in [1.82, 2.24) is 9.66 Å². The molecule has 5 rings (SSSR count). The molecule has 3 aromatic heterocycles. The Bertz CT molecular complexity index is 1370. The minimum absolute atomic E-state index is 0.277. The highest BCUT2D eigenvalue weighted by Gasteiger charge is 2.16. The van der Waals surface area contributed by atoms with Crippen LogP contribution in [0.15, 0.2) is 85.5 Å². The minimum atomic E-state index is -0.277. The molecule has 0 aliphatic rings. The van der Waals surface area contributed by atoms with E-state index in [1.807, 2.05) is 49.4 Å². The van der Waals surface area contributed by atoms with E-state index in [0.717, 1.165) is 16.7 Å². The molecule has 6 nitrogen and oxygen atoms in total. The van der Waals surface area contributed by atoms with E-state index in [9.17, 15) is 4.79 Å². The Labute approximate surface area is 159 Å². The second kappa shape index (κ2) is 6.35. The highest BCUT2D eigenvalue weighted by Crippen LogP contribution is 2.27. The van der Waals surface area contributed by atoms with Gasteiger partial charge in [0.25, 0.3) is 5.56 Å². The summed E-state index contributed by atoms with van der Waals surface area (Å²) in [5, 5.41) is 5.76. The lowest BCUT2D eigenvalue weighted by Gasteiger charge is -2.06. The van der Waals surface area contributed by atoms with Gasteiger partial charge in [0.1, 0.15) is 17.1 Å². The van der Waals surface area contributed by atoms with Gasteiger partial charge in [-0.25, -0.2) is 4.98 Å². The molecule has 0 saturated carbocycles. The molecule has 28 heavy (non-hydrogen) atoms. The second-order valence-electron chi connectivity index (χ2n) is 6.41. The fraction of sp³-hybridized carbons (Fsp3) is 0.0455. The van der Waals surface area contributed by atoms with Gasteiger partial charge in [0.2, 0.25) is 5.82 Å². The molecule has 0 fully saturated rings. The fourth-order valence-electron chi connectivity index (χ4n) is 3.12. The Morgan fingerprint density at radius 3 is 2.64 bits per heavy atom. The van der Waals surface area contributed by atoms with Crippen LogP contribution in [0.1, 0.15) is 11.5 Å². The number of benzene rings is 2. The van der Waals surface area contributed by atoms with Gasteiger partial charge in [-0.05, 0) is 43.3 Å². The van der Waals surface area contributed by atoms with Gasteiger partial charge in [-0.2, -0.15) is 9.78 Å². The number of hydrogen-bond donors (Lipinski definition) is 0. The molecule has 0 aliphatic carbocycles. The van der Waals surface area contributed by atoms with E-state index in [1.54, 1.807) is 24.3 Å². The third kappa shape index (κ3) is 2.72. The number of nitrogens with zero attached hydrogens (tertiary/aromatic N) is 3. The first-order valence-electron chi connectivity index (χ1n) is 8.80. The van der Waals surface area contributed by atoms with E-state index in [0.29, 0.717) is 28.2 Å². The Kier molecular flexibility index (Phi) is 3.69. The summed E-state index contributed by atoms with van der Waals surface area (Å²) in [5.74, 6) is 2.12. The van der Waals surface area contributed by atoms with E-state index in [2.05, 4.69) is 10.1 Å². The maximum atomic E-state index is 13.1.